The molecule has 0 N–H and O–H groups in total. The first kappa shape index (κ1) is 19.4. The molecule has 9 heteroatoms. The van der Waals surface area contributed by atoms with Crippen LogP contribution in [0.2, 0.25) is 0 Å². The highest BCUT2D eigenvalue weighted by Gasteiger charge is 2.08. The van der Waals surface area contributed by atoms with Crippen LogP contribution < -0.4 is 5.43 Å². The van der Waals surface area contributed by atoms with Gasteiger partial charge in [-0.2, -0.15) is 9.90 Å². The van der Waals surface area contributed by atoms with Gasteiger partial charge in [0.25, 0.3) is 0 Å². The molecule has 0 unspecified atom stereocenters. The third-order valence-corrected chi connectivity index (χ3v) is 4.54. The molecule has 0 aliphatic rings. The van der Waals surface area contributed by atoms with Crippen LogP contribution in [-0.2, 0) is 22.6 Å². The second-order valence-corrected chi connectivity index (χ2v) is 6.65. The van der Waals surface area contributed by atoms with Crippen molar-refractivity contribution in [1.82, 2.24) is 30.0 Å². The van der Waals surface area contributed by atoms with Crippen molar-refractivity contribution in [3.8, 4) is 11.4 Å². The van der Waals surface area contributed by atoms with Gasteiger partial charge in [0.2, 0.25) is 11.3 Å². The average molecular weight is 404 g/mol. The first-order valence-corrected chi connectivity index (χ1v) is 9.64. The van der Waals surface area contributed by atoms with Crippen LogP contribution in [-0.4, -0.2) is 42.6 Å². The molecule has 0 fully saturated rings. The highest BCUT2D eigenvalue weighted by molar-refractivity contribution is 5.78. The third-order valence-electron chi connectivity index (χ3n) is 4.54. The zero-order valence-corrected chi connectivity index (χ0v) is 16.2. The van der Waals surface area contributed by atoms with E-state index in [2.05, 4.69) is 20.5 Å². The van der Waals surface area contributed by atoms with Crippen molar-refractivity contribution >= 4 is 16.9 Å². The summed E-state index contributed by atoms with van der Waals surface area (Å²) < 4.78 is 6.92. The number of nitrogens with zero attached hydrogens (tertiary/aromatic N) is 6. The molecule has 2 aromatic carbocycles. The van der Waals surface area contributed by atoms with Gasteiger partial charge in [0.15, 0.2) is 0 Å². The Bertz CT molecular complexity index is 1200. The van der Waals surface area contributed by atoms with Gasteiger partial charge in [-0.15, -0.1) is 10.2 Å². The molecule has 0 aliphatic carbocycles. The molecule has 0 aliphatic heterocycles. The molecule has 4 aromatic rings. The van der Waals surface area contributed by atoms with E-state index in [0.29, 0.717) is 36.2 Å². The summed E-state index contributed by atoms with van der Waals surface area (Å²) in [4.78, 5) is 25.4. The van der Waals surface area contributed by atoms with Gasteiger partial charge in [-0.05, 0) is 17.3 Å². The lowest BCUT2D eigenvalue weighted by Gasteiger charge is -2.09. The van der Waals surface area contributed by atoms with Gasteiger partial charge in [-0.25, -0.2) is 0 Å². The van der Waals surface area contributed by atoms with E-state index in [-0.39, 0.29) is 24.4 Å². The Labute approximate surface area is 171 Å². The van der Waals surface area contributed by atoms with E-state index in [9.17, 15) is 9.59 Å². The lowest BCUT2D eigenvalue weighted by molar-refractivity contribution is -0.144. The van der Waals surface area contributed by atoms with Gasteiger partial charge < -0.3 is 4.74 Å². The Kier molecular flexibility index (Phi) is 5.88. The highest BCUT2D eigenvalue weighted by Crippen LogP contribution is 2.12. The Balaban J connectivity index is 1.23. The molecule has 0 spiro atoms. The number of benzene rings is 2. The Morgan fingerprint density at radius 1 is 1.00 bits per heavy atom. The van der Waals surface area contributed by atoms with Crippen LogP contribution in [0, 0.1) is 0 Å². The second kappa shape index (κ2) is 9.08. The van der Waals surface area contributed by atoms with Crippen LogP contribution in [0.3, 0.4) is 0 Å². The summed E-state index contributed by atoms with van der Waals surface area (Å²) in [6.07, 6.45) is 2.01. The van der Waals surface area contributed by atoms with E-state index in [1.807, 2.05) is 42.5 Å². The first-order valence-electron chi connectivity index (χ1n) is 9.64. The smallest absolute Gasteiger partial charge is 0.307 e. The van der Waals surface area contributed by atoms with Gasteiger partial charge in [-0.1, -0.05) is 42.5 Å². The summed E-state index contributed by atoms with van der Waals surface area (Å²) in [5, 5.41) is 17.1. The fourth-order valence-electron chi connectivity index (χ4n) is 3.04. The first-order chi connectivity index (χ1) is 14.7. The van der Waals surface area contributed by atoms with Crippen LogP contribution in [0.5, 0.6) is 0 Å². The number of rotatable bonds is 8. The monoisotopic (exact) mass is 404 g/mol. The van der Waals surface area contributed by atoms with Crippen LogP contribution in [0.1, 0.15) is 12.8 Å². The molecule has 0 saturated heterocycles. The fourth-order valence-corrected chi connectivity index (χ4v) is 3.04. The van der Waals surface area contributed by atoms with E-state index in [1.54, 1.807) is 16.8 Å². The normalized spacial score (nSPS) is 10.9. The van der Waals surface area contributed by atoms with E-state index in [1.165, 1.54) is 11.0 Å². The number of fused-ring (bicyclic) bond motifs is 1. The SMILES string of the molecule is O=C(CCn1ncc(=O)c2ccccc21)OCCCn1nnc(-c2ccccc2)n1. The molecular weight excluding hydrogens is 384 g/mol. The lowest BCUT2D eigenvalue weighted by Crippen LogP contribution is -2.16. The molecule has 2 heterocycles. The van der Waals surface area contributed by atoms with Crippen molar-refractivity contribution in [2.75, 3.05) is 6.61 Å². The van der Waals surface area contributed by atoms with Crippen molar-refractivity contribution in [3.05, 3.63) is 71.0 Å². The molecule has 0 atom stereocenters. The zero-order chi connectivity index (χ0) is 20.8. The van der Waals surface area contributed by atoms with Gasteiger partial charge in [0, 0.05) is 17.4 Å². The number of ether oxygens (including phenoxy) is 1. The van der Waals surface area contributed by atoms with Crippen molar-refractivity contribution in [2.24, 2.45) is 0 Å². The molecule has 9 nitrogen and oxygen atoms in total. The summed E-state index contributed by atoms with van der Waals surface area (Å²) in [7, 11) is 0. The second-order valence-electron chi connectivity index (χ2n) is 6.65. The Morgan fingerprint density at radius 2 is 1.80 bits per heavy atom. The maximum absolute atomic E-state index is 12.0. The number of esters is 1. The van der Waals surface area contributed by atoms with E-state index in [0.717, 1.165) is 5.56 Å². The molecule has 0 amide bonds. The molecular formula is C21H20N6O3. The maximum Gasteiger partial charge on any atom is 0.307 e. The molecule has 152 valence electrons. The van der Waals surface area contributed by atoms with Gasteiger partial charge >= 0.3 is 5.97 Å². The fraction of sp³-hybridized carbons (Fsp3) is 0.238. The zero-order valence-electron chi connectivity index (χ0n) is 16.2. The summed E-state index contributed by atoms with van der Waals surface area (Å²) >= 11 is 0. The van der Waals surface area contributed by atoms with E-state index in [4.69, 9.17) is 4.74 Å². The van der Waals surface area contributed by atoms with Crippen molar-refractivity contribution in [1.29, 1.82) is 0 Å². The summed E-state index contributed by atoms with van der Waals surface area (Å²) in [6.45, 7) is 1.10. The van der Waals surface area contributed by atoms with Crippen LogP contribution >= 0.6 is 0 Å². The maximum atomic E-state index is 12.0. The molecule has 0 radical (unpaired) electrons. The van der Waals surface area contributed by atoms with Crippen molar-refractivity contribution in [2.45, 2.75) is 25.9 Å². The highest BCUT2D eigenvalue weighted by atomic mass is 16.5. The largest absolute Gasteiger partial charge is 0.466 e. The summed E-state index contributed by atoms with van der Waals surface area (Å²) in [5.41, 5.74) is 1.46. The molecule has 0 bridgehead atoms. The minimum absolute atomic E-state index is 0.137. The molecule has 0 saturated carbocycles. The standard InChI is InChI=1S/C21H20N6O3/c28-19-15-22-26(18-10-5-4-9-17(18)19)13-11-20(29)30-14-6-12-27-24-21(23-25-27)16-7-2-1-3-8-16/h1-5,7-10,15H,6,11-14H2. The lowest BCUT2D eigenvalue weighted by atomic mass is 10.2. The minimum Gasteiger partial charge on any atom is -0.466 e. The number of carbonyl (C=O) groups is 1. The van der Waals surface area contributed by atoms with E-state index < -0.39 is 0 Å². The number of hydrogen-bond donors (Lipinski definition) is 0. The third kappa shape index (κ3) is 4.57. The van der Waals surface area contributed by atoms with Crippen LogP contribution in [0.15, 0.2) is 65.6 Å². The molecule has 30 heavy (non-hydrogen) atoms. The topological polar surface area (TPSA) is 105 Å². The number of aromatic nitrogens is 6. The number of aryl methyl sites for hydroxylation is 2. The summed E-state index contributed by atoms with van der Waals surface area (Å²) in [5.74, 6) is 0.240. The Morgan fingerprint density at radius 3 is 2.67 bits per heavy atom. The van der Waals surface area contributed by atoms with Crippen LogP contribution in [0.25, 0.3) is 22.3 Å². The molecule has 2 aromatic heterocycles. The van der Waals surface area contributed by atoms with Gasteiger partial charge in [0.05, 0.1) is 37.8 Å². The van der Waals surface area contributed by atoms with Gasteiger partial charge in [0.1, 0.15) is 0 Å². The quantitative estimate of drug-likeness (QED) is 0.327. The van der Waals surface area contributed by atoms with Gasteiger partial charge in [-0.3, -0.25) is 14.3 Å². The number of para-hydroxylation sites is 1. The number of carbonyl (C=O) groups excluding carboxylic acids is 1. The van der Waals surface area contributed by atoms with Crippen molar-refractivity contribution in [3.63, 3.8) is 0 Å². The summed E-state index contributed by atoms with van der Waals surface area (Å²) in [6, 6.07) is 16.8. The minimum atomic E-state index is -0.323. The number of hydrogen-bond acceptors (Lipinski definition) is 7. The molecule has 4 rings (SSSR count). The Hall–Kier alpha value is -3.88. The van der Waals surface area contributed by atoms with Crippen LogP contribution in [0.4, 0.5) is 0 Å². The number of tetrazole rings is 1. The average Bonchev–Trinajstić information content (AvgIpc) is 3.26. The predicted octanol–water partition coefficient (Wildman–Crippen LogP) is 2.07. The van der Waals surface area contributed by atoms with E-state index >= 15 is 0 Å². The van der Waals surface area contributed by atoms with Crippen molar-refractivity contribution < 1.29 is 9.53 Å². The predicted molar refractivity (Wildman–Crippen MR) is 109 cm³/mol.